The van der Waals surface area contributed by atoms with Crippen LogP contribution in [-0.4, -0.2) is 55.7 Å². The van der Waals surface area contributed by atoms with Gasteiger partial charge < -0.3 is 24.4 Å². The summed E-state index contributed by atoms with van der Waals surface area (Å²) in [6, 6.07) is 13.9. The molecule has 32 heavy (non-hydrogen) atoms. The smallest absolute Gasteiger partial charge is 0.496 e. The van der Waals surface area contributed by atoms with E-state index in [2.05, 4.69) is 5.32 Å². The van der Waals surface area contributed by atoms with Gasteiger partial charge in [0.2, 0.25) is 5.91 Å². The summed E-state index contributed by atoms with van der Waals surface area (Å²) in [7, 11) is 1.59. The molecule has 0 saturated carbocycles. The van der Waals surface area contributed by atoms with Gasteiger partial charge in [-0.1, -0.05) is 18.2 Å². The second-order valence-electron chi connectivity index (χ2n) is 7.43. The predicted molar refractivity (Wildman–Crippen MR) is 118 cm³/mol. The number of carbonyl (C=O) groups excluding carboxylic acids is 3. The number of nitrogens with zero attached hydrogens (tertiary/aromatic N) is 1. The first kappa shape index (κ1) is 23.1. The molecule has 2 aromatic rings. The molecule has 1 saturated heterocycles. The Hall–Kier alpha value is -3.55. The molecule has 0 aromatic heterocycles. The minimum Gasteiger partial charge on any atom is -0.496 e. The highest BCUT2D eigenvalue weighted by molar-refractivity contribution is 5.94. The van der Waals surface area contributed by atoms with E-state index in [1.807, 2.05) is 24.3 Å². The van der Waals surface area contributed by atoms with Gasteiger partial charge in [0.1, 0.15) is 11.5 Å². The Bertz CT molecular complexity index is 936. The Morgan fingerprint density at radius 2 is 1.72 bits per heavy atom. The van der Waals surface area contributed by atoms with Crippen LogP contribution in [0, 0.1) is 0 Å². The Balaban J connectivity index is 1.47. The fourth-order valence-corrected chi connectivity index (χ4v) is 3.62. The van der Waals surface area contributed by atoms with E-state index in [9.17, 15) is 14.4 Å². The fraction of sp³-hybridized carbons (Fsp3) is 0.375. The first-order valence-electron chi connectivity index (χ1n) is 10.6. The number of hydrogen-bond donors (Lipinski definition) is 1. The molecule has 2 aromatic carbocycles. The van der Waals surface area contributed by atoms with Gasteiger partial charge in [-0.15, -0.1) is 0 Å². The van der Waals surface area contributed by atoms with Crippen molar-refractivity contribution in [3.8, 4) is 11.5 Å². The third-order valence-electron chi connectivity index (χ3n) is 5.26. The summed E-state index contributed by atoms with van der Waals surface area (Å²) in [5, 5.41) is 3.06. The molecule has 1 N–H and O–H groups in total. The van der Waals surface area contributed by atoms with Gasteiger partial charge in [-0.2, -0.15) is 0 Å². The number of piperidine rings is 1. The standard InChI is InChI=1S/C24H28N2O6/c1-3-31-24(29)32-20-10-8-17(9-11-20)23(28)26-14-12-19(13-15-26)25-22(27)16-18-6-4-5-7-21(18)30-2/h4-11,19H,3,12-16H2,1-2H3,(H,25,27). The highest BCUT2D eigenvalue weighted by atomic mass is 16.7. The molecule has 0 radical (unpaired) electrons. The lowest BCUT2D eigenvalue weighted by atomic mass is 10.0. The van der Waals surface area contributed by atoms with Gasteiger partial charge in [-0.3, -0.25) is 9.59 Å². The van der Waals surface area contributed by atoms with Crippen LogP contribution in [0.2, 0.25) is 0 Å². The summed E-state index contributed by atoms with van der Waals surface area (Å²) in [6.07, 6.45) is 0.853. The second kappa shape index (κ2) is 11.2. The Kier molecular flexibility index (Phi) is 8.08. The van der Waals surface area contributed by atoms with Crippen LogP contribution in [0.4, 0.5) is 4.79 Å². The van der Waals surface area contributed by atoms with Gasteiger partial charge in [0.25, 0.3) is 5.91 Å². The third-order valence-corrected chi connectivity index (χ3v) is 5.26. The van der Waals surface area contributed by atoms with Crippen LogP contribution in [0.3, 0.4) is 0 Å². The third kappa shape index (κ3) is 6.23. The van der Waals surface area contributed by atoms with Gasteiger partial charge in [0.05, 0.1) is 20.1 Å². The van der Waals surface area contributed by atoms with Crippen LogP contribution in [0.15, 0.2) is 48.5 Å². The number of ether oxygens (including phenoxy) is 3. The number of para-hydroxylation sites is 1. The van der Waals surface area contributed by atoms with Gasteiger partial charge in [-0.25, -0.2) is 4.79 Å². The molecule has 0 aliphatic carbocycles. The maximum Gasteiger partial charge on any atom is 0.513 e. The minimum atomic E-state index is -0.776. The summed E-state index contributed by atoms with van der Waals surface area (Å²) in [4.78, 5) is 38.3. The molecule has 1 aliphatic rings. The van der Waals surface area contributed by atoms with Crippen molar-refractivity contribution >= 4 is 18.0 Å². The maximum absolute atomic E-state index is 12.8. The van der Waals surface area contributed by atoms with E-state index in [4.69, 9.17) is 14.2 Å². The molecule has 1 fully saturated rings. The van der Waals surface area contributed by atoms with Crippen LogP contribution in [0.25, 0.3) is 0 Å². The zero-order valence-electron chi connectivity index (χ0n) is 18.3. The van der Waals surface area contributed by atoms with Gasteiger partial charge >= 0.3 is 6.16 Å². The topological polar surface area (TPSA) is 94.2 Å². The number of rotatable bonds is 7. The van der Waals surface area contributed by atoms with E-state index in [0.29, 0.717) is 43.0 Å². The molecule has 0 bridgehead atoms. The van der Waals surface area contributed by atoms with Crippen molar-refractivity contribution in [1.29, 1.82) is 0 Å². The van der Waals surface area contributed by atoms with Crippen molar-refractivity contribution in [2.75, 3.05) is 26.8 Å². The highest BCUT2D eigenvalue weighted by Crippen LogP contribution is 2.19. The molecule has 3 rings (SSSR count). The number of nitrogens with one attached hydrogen (secondary N) is 1. The van der Waals surface area contributed by atoms with E-state index in [-0.39, 0.29) is 30.9 Å². The number of methoxy groups -OCH3 is 1. The van der Waals surface area contributed by atoms with Crippen molar-refractivity contribution in [3.05, 3.63) is 59.7 Å². The van der Waals surface area contributed by atoms with Gasteiger partial charge in [-0.05, 0) is 50.1 Å². The zero-order chi connectivity index (χ0) is 22.9. The van der Waals surface area contributed by atoms with E-state index < -0.39 is 6.16 Å². The summed E-state index contributed by atoms with van der Waals surface area (Å²) >= 11 is 0. The first-order valence-corrected chi connectivity index (χ1v) is 10.6. The quantitative estimate of drug-likeness (QED) is 0.525. The fourth-order valence-electron chi connectivity index (χ4n) is 3.62. The Morgan fingerprint density at radius 3 is 2.38 bits per heavy atom. The molecule has 0 atom stereocenters. The van der Waals surface area contributed by atoms with Crippen LogP contribution in [0.1, 0.15) is 35.7 Å². The Labute approximate surface area is 187 Å². The first-order chi connectivity index (χ1) is 15.5. The van der Waals surface area contributed by atoms with Crippen LogP contribution < -0.4 is 14.8 Å². The van der Waals surface area contributed by atoms with E-state index >= 15 is 0 Å². The van der Waals surface area contributed by atoms with Gasteiger partial charge in [0.15, 0.2) is 0 Å². The van der Waals surface area contributed by atoms with Crippen molar-refractivity contribution in [2.24, 2.45) is 0 Å². The van der Waals surface area contributed by atoms with E-state index in [0.717, 1.165) is 5.56 Å². The summed E-state index contributed by atoms with van der Waals surface area (Å²) in [5.41, 5.74) is 1.36. The number of amides is 2. The molecule has 8 heteroatoms. The lowest BCUT2D eigenvalue weighted by Crippen LogP contribution is -2.46. The molecule has 170 valence electrons. The van der Waals surface area contributed by atoms with Crippen molar-refractivity contribution in [1.82, 2.24) is 10.2 Å². The Morgan fingerprint density at radius 1 is 1.03 bits per heavy atom. The van der Waals surface area contributed by atoms with Crippen molar-refractivity contribution < 1.29 is 28.6 Å². The second-order valence-corrected chi connectivity index (χ2v) is 7.43. The molecule has 8 nitrogen and oxygen atoms in total. The minimum absolute atomic E-state index is 0.0293. The highest BCUT2D eigenvalue weighted by Gasteiger charge is 2.25. The van der Waals surface area contributed by atoms with E-state index in [1.165, 1.54) is 0 Å². The summed E-state index contributed by atoms with van der Waals surface area (Å²) < 4.78 is 15.0. The summed E-state index contributed by atoms with van der Waals surface area (Å²) in [5.74, 6) is 0.862. The predicted octanol–water partition coefficient (Wildman–Crippen LogP) is 3.19. The molecule has 0 spiro atoms. The summed E-state index contributed by atoms with van der Waals surface area (Å²) in [6.45, 7) is 3.03. The van der Waals surface area contributed by atoms with Crippen LogP contribution in [-0.2, 0) is 16.0 Å². The van der Waals surface area contributed by atoms with Crippen molar-refractivity contribution in [2.45, 2.75) is 32.2 Å². The largest absolute Gasteiger partial charge is 0.513 e. The molecule has 0 unspecified atom stereocenters. The molecule has 1 aliphatic heterocycles. The molecule has 2 amide bonds. The maximum atomic E-state index is 12.8. The number of likely N-dealkylation sites (tertiary alicyclic amines) is 1. The molecular formula is C24H28N2O6. The average Bonchev–Trinajstić information content (AvgIpc) is 2.80. The lowest BCUT2D eigenvalue weighted by molar-refractivity contribution is -0.121. The van der Waals surface area contributed by atoms with Gasteiger partial charge in [0, 0.05) is 30.3 Å². The zero-order valence-corrected chi connectivity index (χ0v) is 18.3. The molecular weight excluding hydrogens is 412 g/mol. The average molecular weight is 440 g/mol. The SMILES string of the molecule is CCOC(=O)Oc1ccc(C(=O)N2CCC(NC(=O)Cc3ccccc3OC)CC2)cc1. The monoisotopic (exact) mass is 440 g/mol. The van der Waals surface area contributed by atoms with Crippen molar-refractivity contribution in [3.63, 3.8) is 0 Å². The number of carbonyl (C=O) groups is 3. The number of hydrogen-bond acceptors (Lipinski definition) is 6. The number of benzene rings is 2. The van der Waals surface area contributed by atoms with Crippen LogP contribution >= 0.6 is 0 Å². The normalized spacial score (nSPS) is 13.9. The molecule has 1 heterocycles. The van der Waals surface area contributed by atoms with Crippen LogP contribution in [0.5, 0.6) is 11.5 Å². The lowest BCUT2D eigenvalue weighted by Gasteiger charge is -2.32. The van der Waals surface area contributed by atoms with E-state index in [1.54, 1.807) is 43.2 Å².